The molecule has 1 aliphatic carbocycles. The van der Waals surface area contributed by atoms with Crippen molar-refractivity contribution < 1.29 is 9.53 Å². The summed E-state index contributed by atoms with van der Waals surface area (Å²) in [5.74, 6) is -0.109. The van der Waals surface area contributed by atoms with Crippen LogP contribution in [0, 0.1) is 11.3 Å². The Morgan fingerprint density at radius 3 is 3.08 bits per heavy atom. The maximum absolute atomic E-state index is 12.3. The van der Waals surface area contributed by atoms with Gasteiger partial charge in [-0.1, -0.05) is 0 Å². The summed E-state index contributed by atoms with van der Waals surface area (Å²) in [5, 5.41) is 12.7. The molecule has 0 saturated heterocycles. The Balaban J connectivity index is 1.77. The zero-order valence-corrected chi connectivity index (χ0v) is 14.1. The predicted octanol–water partition coefficient (Wildman–Crippen LogP) is 2.31. The van der Waals surface area contributed by atoms with Crippen LogP contribution in [0.15, 0.2) is 23.1 Å². The van der Waals surface area contributed by atoms with Gasteiger partial charge in [0.15, 0.2) is 5.75 Å². The van der Waals surface area contributed by atoms with Crippen molar-refractivity contribution in [3.63, 3.8) is 0 Å². The Morgan fingerprint density at radius 1 is 1.50 bits per heavy atom. The van der Waals surface area contributed by atoms with Crippen molar-refractivity contribution in [3.8, 4) is 11.8 Å². The SMILES string of the molecule is CCOc1cccn(CC(=O)Nc2sc3c(c2C#N)CCC3)c1=O. The number of thiophene rings is 1. The number of fused-ring (bicyclic) bond motifs is 1. The first kappa shape index (κ1) is 16.3. The van der Waals surface area contributed by atoms with E-state index in [2.05, 4.69) is 11.4 Å². The highest BCUT2D eigenvalue weighted by molar-refractivity contribution is 7.16. The lowest BCUT2D eigenvalue weighted by molar-refractivity contribution is -0.116. The molecular formula is C17H17N3O3S. The van der Waals surface area contributed by atoms with Crippen LogP contribution in [0.2, 0.25) is 0 Å². The molecule has 0 radical (unpaired) electrons. The molecule has 0 spiro atoms. The van der Waals surface area contributed by atoms with Gasteiger partial charge in [0.25, 0.3) is 5.56 Å². The van der Waals surface area contributed by atoms with Crippen molar-refractivity contribution in [2.24, 2.45) is 0 Å². The Kier molecular flexibility index (Phi) is 4.67. The first-order valence-electron chi connectivity index (χ1n) is 7.80. The normalized spacial score (nSPS) is 12.5. The van der Waals surface area contributed by atoms with Crippen molar-refractivity contribution in [2.45, 2.75) is 32.7 Å². The Morgan fingerprint density at radius 2 is 2.33 bits per heavy atom. The smallest absolute Gasteiger partial charge is 0.293 e. The van der Waals surface area contributed by atoms with Gasteiger partial charge in [-0.25, -0.2) is 0 Å². The van der Waals surface area contributed by atoms with E-state index in [1.165, 1.54) is 20.8 Å². The second kappa shape index (κ2) is 6.89. The molecule has 2 heterocycles. The topological polar surface area (TPSA) is 84.1 Å². The zero-order valence-electron chi connectivity index (χ0n) is 13.3. The maximum Gasteiger partial charge on any atom is 0.293 e. The molecular weight excluding hydrogens is 326 g/mol. The number of aromatic nitrogens is 1. The van der Waals surface area contributed by atoms with Crippen LogP contribution in [-0.2, 0) is 24.2 Å². The monoisotopic (exact) mass is 343 g/mol. The number of anilines is 1. The highest BCUT2D eigenvalue weighted by atomic mass is 32.1. The van der Waals surface area contributed by atoms with E-state index >= 15 is 0 Å². The first-order chi connectivity index (χ1) is 11.6. The van der Waals surface area contributed by atoms with Crippen molar-refractivity contribution >= 4 is 22.2 Å². The Labute approximate surface area is 143 Å². The van der Waals surface area contributed by atoms with Crippen LogP contribution in [0.1, 0.15) is 29.3 Å². The van der Waals surface area contributed by atoms with Crippen molar-refractivity contribution in [3.05, 3.63) is 44.7 Å². The van der Waals surface area contributed by atoms with Gasteiger partial charge in [0, 0.05) is 11.1 Å². The summed E-state index contributed by atoms with van der Waals surface area (Å²) < 4.78 is 6.55. The molecule has 3 rings (SSSR count). The predicted molar refractivity (Wildman–Crippen MR) is 91.6 cm³/mol. The number of aryl methyl sites for hydroxylation is 1. The van der Waals surface area contributed by atoms with E-state index in [4.69, 9.17) is 4.74 Å². The molecule has 124 valence electrons. The summed E-state index contributed by atoms with van der Waals surface area (Å²) in [6.07, 6.45) is 4.45. The van der Waals surface area contributed by atoms with E-state index in [0.29, 0.717) is 17.2 Å². The highest BCUT2D eigenvalue weighted by Crippen LogP contribution is 2.38. The van der Waals surface area contributed by atoms with Crippen LogP contribution < -0.4 is 15.6 Å². The van der Waals surface area contributed by atoms with Crippen molar-refractivity contribution in [1.82, 2.24) is 4.57 Å². The number of rotatable bonds is 5. The number of pyridine rings is 1. The van der Waals surface area contributed by atoms with Gasteiger partial charge in [-0.3, -0.25) is 9.59 Å². The fraction of sp³-hybridized carbons (Fsp3) is 0.353. The van der Waals surface area contributed by atoms with Gasteiger partial charge in [0.05, 0.1) is 12.2 Å². The lowest BCUT2D eigenvalue weighted by Gasteiger charge is -2.09. The van der Waals surface area contributed by atoms with Gasteiger partial charge >= 0.3 is 0 Å². The fourth-order valence-corrected chi connectivity index (χ4v) is 4.09. The number of carbonyl (C=O) groups excluding carboxylic acids is 1. The second-order valence-corrected chi connectivity index (χ2v) is 6.57. The van der Waals surface area contributed by atoms with E-state index in [0.717, 1.165) is 24.8 Å². The molecule has 0 unspecified atom stereocenters. The molecule has 6 nitrogen and oxygen atoms in total. The Bertz CT molecular complexity index is 876. The number of hydrogen-bond donors (Lipinski definition) is 1. The summed E-state index contributed by atoms with van der Waals surface area (Å²) >= 11 is 1.46. The average molecular weight is 343 g/mol. The van der Waals surface area contributed by atoms with Gasteiger partial charge in [-0.2, -0.15) is 5.26 Å². The molecule has 0 saturated carbocycles. The van der Waals surface area contributed by atoms with Crippen molar-refractivity contribution in [2.75, 3.05) is 11.9 Å². The van der Waals surface area contributed by atoms with Crippen LogP contribution >= 0.6 is 11.3 Å². The summed E-state index contributed by atoms with van der Waals surface area (Å²) in [5.41, 5.74) is 1.29. The zero-order chi connectivity index (χ0) is 17.1. The summed E-state index contributed by atoms with van der Waals surface area (Å²) in [4.78, 5) is 25.7. The van der Waals surface area contributed by atoms with E-state index in [-0.39, 0.29) is 23.8 Å². The van der Waals surface area contributed by atoms with E-state index < -0.39 is 0 Å². The van der Waals surface area contributed by atoms with Gasteiger partial charge < -0.3 is 14.6 Å². The molecule has 1 N–H and O–H groups in total. The van der Waals surface area contributed by atoms with E-state index in [9.17, 15) is 14.9 Å². The second-order valence-electron chi connectivity index (χ2n) is 5.46. The molecule has 1 amide bonds. The van der Waals surface area contributed by atoms with Crippen LogP contribution in [-0.4, -0.2) is 17.1 Å². The lowest BCUT2D eigenvalue weighted by Crippen LogP contribution is -2.28. The van der Waals surface area contributed by atoms with Crippen LogP contribution in [0.25, 0.3) is 0 Å². The van der Waals surface area contributed by atoms with Crippen LogP contribution in [0.5, 0.6) is 5.75 Å². The minimum atomic E-state index is -0.344. The molecule has 0 aliphatic heterocycles. The molecule has 24 heavy (non-hydrogen) atoms. The summed E-state index contributed by atoms with van der Waals surface area (Å²) in [6.45, 7) is 2.06. The molecule has 0 bridgehead atoms. The molecule has 0 atom stereocenters. The number of amides is 1. The summed E-state index contributed by atoms with van der Waals surface area (Å²) in [6, 6.07) is 5.44. The third-order valence-electron chi connectivity index (χ3n) is 3.89. The number of nitrogens with zero attached hydrogens (tertiary/aromatic N) is 2. The third-order valence-corrected chi connectivity index (χ3v) is 5.09. The largest absolute Gasteiger partial charge is 0.488 e. The highest BCUT2D eigenvalue weighted by Gasteiger charge is 2.23. The van der Waals surface area contributed by atoms with E-state index in [1.54, 1.807) is 25.3 Å². The minimum absolute atomic E-state index is 0.118. The van der Waals surface area contributed by atoms with Gasteiger partial charge in [-0.05, 0) is 43.9 Å². The number of carbonyl (C=O) groups is 1. The van der Waals surface area contributed by atoms with Gasteiger partial charge in [0.2, 0.25) is 5.91 Å². The number of hydrogen-bond acceptors (Lipinski definition) is 5. The molecule has 7 heteroatoms. The first-order valence-corrected chi connectivity index (χ1v) is 8.62. The van der Waals surface area contributed by atoms with Gasteiger partial charge in [-0.15, -0.1) is 11.3 Å². The molecule has 1 aliphatic rings. The quantitative estimate of drug-likeness (QED) is 0.903. The minimum Gasteiger partial charge on any atom is -0.488 e. The number of ether oxygens (including phenoxy) is 1. The molecule has 2 aromatic rings. The molecule has 0 aromatic carbocycles. The standard InChI is InChI=1S/C17H17N3O3S/c1-2-23-13-6-4-8-20(17(13)22)10-15(21)19-16-12(9-18)11-5-3-7-14(11)24-16/h4,6,8H,2-3,5,7,10H2,1H3,(H,19,21). The van der Waals surface area contributed by atoms with Gasteiger partial charge in [0.1, 0.15) is 17.6 Å². The maximum atomic E-state index is 12.3. The number of nitriles is 1. The Hall–Kier alpha value is -2.59. The number of nitrogens with one attached hydrogen (secondary N) is 1. The fourth-order valence-electron chi connectivity index (χ4n) is 2.84. The molecule has 0 fully saturated rings. The lowest BCUT2D eigenvalue weighted by atomic mass is 10.1. The van der Waals surface area contributed by atoms with E-state index in [1.807, 2.05) is 0 Å². The summed E-state index contributed by atoms with van der Waals surface area (Å²) in [7, 11) is 0. The van der Waals surface area contributed by atoms with Crippen LogP contribution in [0.4, 0.5) is 5.00 Å². The molecule has 2 aromatic heterocycles. The average Bonchev–Trinajstić information content (AvgIpc) is 3.12. The van der Waals surface area contributed by atoms with Crippen LogP contribution in [0.3, 0.4) is 0 Å². The third kappa shape index (κ3) is 3.05. The van der Waals surface area contributed by atoms with Crippen molar-refractivity contribution in [1.29, 1.82) is 5.26 Å².